The molecular formula is C19H19N3O2S. The number of nitrogens with two attached hydrogens (primary N) is 1. The number of benzene rings is 2. The van der Waals surface area contributed by atoms with E-state index in [0.717, 1.165) is 11.5 Å². The molecule has 0 saturated heterocycles. The summed E-state index contributed by atoms with van der Waals surface area (Å²) in [7, 11) is 0. The Bertz CT molecular complexity index is 833. The van der Waals surface area contributed by atoms with E-state index in [4.69, 9.17) is 10.2 Å². The highest BCUT2D eigenvalue weighted by atomic mass is 32.2. The number of thioether (sulfide) groups is 1. The molecule has 0 atom stereocenters. The van der Waals surface area contributed by atoms with E-state index in [-0.39, 0.29) is 11.6 Å². The zero-order valence-corrected chi connectivity index (χ0v) is 14.5. The van der Waals surface area contributed by atoms with Crippen molar-refractivity contribution in [1.29, 1.82) is 0 Å². The van der Waals surface area contributed by atoms with Crippen LogP contribution in [0.2, 0.25) is 0 Å². The molecule has 0 bridgehead atoms. The number of aromatic nitrogens is 1. The summed E-state index contributed by atoms with van der Waals surface area (Å²) in [6.07, 6.45) is 1.36. The molecule has 1 amide bonds. The lowest BCUT2D eigenvalue weighted by Crippen LogP contribution is -2.26. The third-order valence-electron chi connectivity index (χ3n) is 3.57. The molecule has 5 nitrogen and oxygen atoms in total. The number of amides is 1. The maximum absolute atomic E-state index is 12.1. The van der Waals surface area contributed by atoms with E-state index in [9.17, 15) is 4.79 Å². The highest BCUT2D eigenvalue weighted by Crippen LogP contribution is 2.24. The summed E-state index contributed by atoms with van der Waals surface area (Å²) in [5.74, 6) is 1.86. The van der Waals surface area contributed by atoms with Crippen LogP contribution in [0.5, 0.6) is 0 Å². The smallest absolute Gasteiger partial charge is 0.273 e. The van der Waals surface area contributed by atoms with Crippen molar-refractivity contribution in [2.45, 2.75) is 5.75 Å². The molecule has 3 N–H and O–H groups in total. The number of anilines is 1. The maximum Gasteiger partial charge on any atom is 0.273 e. The quantitative estimate of drug-likeness (QED) is 0.501. The molecule has 0 aliphatic heterocycles. The Balaban J connectivity index is 1.47. The summed E-state index contributed by atoms with van der Waals surface area (Å²) in [5.41, 5.74) is 8.67. The van der Waals surface area contributed by atoms with Gasteiger partial charge < -0.3 is 15.5 Å². The van der Waals surface area contributed by atoms with Gasteiger partial charge in [0, 0.05) is 23.7 Å². The van der Waals surface area contributed by atoms with Gasteiger partial charge in [-0.05, 0) is 17.7 Å². The second kappa shape index (κ2) is 8.39. The van der Waals surface area contributed by atoms with E-state index in [1.165, 1.54) is 11.8 Å². The van der Waals surface area contributed by atoms with Gasteiger partial charge in [-0.15, -0.1) is 0 Å². The molecule has 0 aliphatic rings. The van der Waals surface area contributed by atoms with Crippen LogP contribution >= 0.6 is 11.8 Å². The molecule has 0 aliphatic carbocycles. The molecule has 1 heterocycles. The number of para-hydroxylation sites is 1. The van der Waals surface area contributed by atoms with E-state index >= 15 is 0 Å². The number of nitrogen functional groups attached to an aromatic ring is 1. The van der Waals surface area contributed by atoms with Gasteiger partial charge in [0.05, 0.1) is 5.56 Å². The minimum atomic E-state index is -0.246. The van der Waals surface area contributed by atoms with E-state index < -0.39 is 0 Å². The summed E-state index contributed by atoms with van der Waals surface area (Å²) in [6.45, 7) is 0.575. The summed E-state index contributed by atoms with van der Waals surface area (Å²) in [4.78, 5) is 16.4. The van der Waals surface area contributed by atoms with Gasteiger partial charge in [0.1, 0.15) is 6.26 Å². The predicted molar refractivity (Wildman–Crippen MR) is 101 cm³/mol. The van der Waals surface area contributed by atoms with E-state index in [1.54, 1.807) is 17.8 Å². The number of nitrogens with one attached hydrogen (secondary N) is 1. The second-order valence-corrected chi connectivity index (χ2v) is 6.52. The molecule has 25 heavy (non-hydrogen) atoms. The van der Waals surface area contributed by atoms with Crippen LogP contribution < -0.4 is 11.1 Å². The molecule has 3 aromatic rings. The van der Waals surface area contributed by atoms with Gasteiger partial charge in [-0.1, -0.05) is 42.5 Å². The van der Waals surface area contributed by atoms with Gasteiger partial charge in [0.2, 0.25) is 5.89 Å². The number of rotatable bonds is 7. The first-order chi connectivity index (χ1) is 12.2. The zero-order chi connectivity index (χ0) is 17.5. The highest BCUT2D eigenvalue weighted by molar-refractivity contribution is 7.98. The first-order valence-electron chi connectivity index (χ1n) is 7.94. The number of hydrogen-bond acceptors (Lipinski definition) is 5. The number of carbonyl (C=O) groups excluding carboxylic acids is 1. The normalized spacial score (nSPS) is 10.6. The first-order valence-corrected chi connectivity index (χ1v) is 9.10. The lowest BCUT2D eigenvalue weighted by molar-refractivity contribution is 0.0951. The monoisotopic (exact) mass is 353 g/mol. The minimum Gasteiger partial charge on any atom is -0.444 e. The van der Waals surface area contributed by atoms with Gasteiger partial charge in [0.25, 0.3) is 5.91 Å². The molecule has 128 valence electrons. The summed E-state index contributed by atoms with van der Waals surface area (Å²) in [6, 6.07) is 17.5. The molecule has 1 aromatic heterocycles. The maximum atomic E-state index is 12.1. The third-order valence-corrected chi connectivity index (χ3v) is 4.60. The Morgan fingerprint density at radius 1 is 1.12 bits per heavy atom. The van der Waals surface area contributed by atoms with Crippen molar-refractivity contribution < 1.29 is 9.21 Å². The molecule has 3 rings (SSSR count). The molecule has 2 aromatic carbocycles. The summed E-state index contributed by atoms with van der Waals surface area (Å²) in [5, 5.41) is 2.85. The Morgan fingerprint density at radius 2 is 1.88 bits per heavy atom. The average molecular weight is 353 g/mol. The van der Waals surface area contributed by atoms with E-state index in [1.807, 2.05) is 36.4 Å². The van der Waals surface area contributed by atoms with Crippen LogP contribution in [0.3, 0.4) is 0 Å². The Hall–Kier alpha value is -2.73. The van der Waals surface area contributed by atoms with Gasteiger partial charge in [-0.25, -0.2) is 4.98 Å². The molecule has 0 radical (unpaired) electrons. The molecule has 6 heteroatoms. The highest BCUT2D eigenvalue weighted by Gasteiger charge is 2.14. The number of carbonyl (C=O) groups is 1. The largest absolute Gasteiger partial charge is 0.444 e. The van der Waals surface area contributed by atoms with Gasteiger partial charge in [-0.2, -0.15) is 11.8 Å². The number of oxazole rings is 1. The van der Waals surface area contributed by atoms with Crippen LogP contribution in [0.4, 0.5) is 5.69 Å². The van der Waals surface area contributed by atoms with Crippen molar-refractivity contribution in [3.8, 4) is 11.5 Å². The van der Waals surface area contributed by atoms with Crippen molar-refractivity contribution in [2.75, 3.05) is 18.0 Å². The fourth-order valence-corrected chi connectivity index (χ4v) is 3.10. The fraction of sp³-hybridized carbons (Fsp3) is 0.158. The van der Waals surface area contributed by atoms with Crippen LogP contribution in [0.15, 0.2) is 65.3 Å². The predicted octanol–water partition coefficient (Wildman–Crippen LogP) is 3.59. The lowest BCUT2D eigenvalue weighted by Gasteiger charge is -2.03. The van der Waals surface area contributed by atoms with Crippen LogP contribution in [0.25, 0.3) is 11.5 Å². The minimum absolute atomic E-state index is 0.246. The Labute approximate surface area is 150 Å². The standard InChI is InChI=1S/C19H19N3O2S/c20-16-9-5-4-8-15(16)19-22-17(12-24-19)18(23)21-10-11-25-13-14-6-2-1-3-7-14/h1-9,12H,10-11,13,20H2,(H,21,23). The summed E-state index contributed by atoms with van der Waals surface area (Å²) < 4.78 is 5.38. The fourth-order valence-electron chi connectivity index (χ4n) is 2.29. The number of nitrogens with zero attached hydrogens (tertiary/aromatic N) is 1. The third kappa shape index (κ3) is 4.64. The van der Waals surface area contributed by atoms with Gasteiger partial charge >= 0.3 is 0 Å². The van der Waals surface area contributed by atoms with Crippen molar-refractivity contribution in [3.63, 3.8) is 0 Å². The molecule has 0 unspecified atom stereocenters. The van der Waals surface area contributed by atoms with Crippen LogP contribution in [-0.4, -0.2) is 23.2 Å². The van der Waals surface area contributed by atoms with Crippen LogP contribution in [-0.2, 0) is 5.75 Å². The second-order valence-electron chi connectivity index (χ2n) is 5.42. The van der Waals surface area contributed by atoms with Gasteiger partial charge in [0.15, 0.2) is 5.69 Å². The molecule has 0 fully saturated rings. The van der Waals surface area contributed by atoms with E-state index in [2.05, 4.69) is 22.4 Å². The number of hydrogen-bond donors (Lipinski definition) is 2. The van der Waals surface area contributed by atoms with E-state index in [0.29, 0.717) is 23.7 Å². The summed E-state index contributed by atoms with van der Waals surface area (Å²) >= 11 is 1.77. The van der Waals surface area contributed by atoms with Crippen LogP contribution in [0.1, 0.15) is 16.1 Å². The lowest BCUT2D eigenvalue weighted by atomic mass is 10.2. The van der Waals surface area contributed by atoms with Crippen LogP contribution in [0, 0.1) is 0 Å². The average Bonchev–Trinajstić information content (AvgIpc) is 3.12. The molecule has 0 saturated carbocycles. The Kier molecular flexibility index (Phi) is 5.74. The van der Waals surface area contributed by atoms with Gasteiger partial charge in [-0.3, -0.25) is 4.79 Å². The first kappa shape index (κ1) is 17.1. The van der Waals surface area contributed by atoms with Crippen molar-refractivity contribution in [1.82, 2.24) is 10.3 Å². The van der Waals surface area contributed by atoms with Crippen molar-refractivity contribution in [2.24, 2.45) is 0 Å². The zero-order valence-electron chi connectivity index (χ0n) is 13.6. The topological polar surface area (TPSA) is 81.1 Å². The SMILES string of the molecule is Nc1ccccc1-c1nc(C(=O)NCCSCc2ccccc2)co1. The molecular weight excluding hydrogens is 334 g/mol. The Morgan fingerprint density at radius 3 is 2.68 bits per heavy atom. The van der Waals surface area contributed by atoms with Crippen molar-refractivity contribution in [3.05, 3.63) is 72.1 Å². The van der Waals surface area contributed by atoms with Crippen molar-refractivity contribution >= 4 is 23.4 Å². The molecule has 0 spiro atoms.